The van der Waals surface area contributed by atoms with Crippen LogP contribution in [0.4, 0.5) is 5.69 Å². The van der Waals surface area contributed by atoms with E-state index >= 15 is 0 Å². The van der Waals surface area contributed by atoms with Crippen molar-refractivity contribution in [2.24, 2.45) is 0 Å². The fourth-order valence-corrected chi connectivity index (χ4v) is 1.69. The van der Waals surface area contributed by atoms with Gasteiger partial charge in [0.2, 0.25) is 0 Å². The molecule has 0 bridgehead atoms. The van der Waals surface area contributed by atoms with Crippen LogP contribution in [-0.4, -0.2) is 23.1 Å². The van der Waals surface area contributed by atoms with Gasteiger partial charge in [0.15, 0.2) is 11.5 Å². The predicted octanol–water partition coefficient (Wildman–Crippen LogP) is 2.70. The molecule has 5 nitrogen and oxygen atoms in total. The summed E-state index contributed by atoms with van der Waals surface area (Å²) in [5.41, 5.74) is 0.839. The van der Waals surface area contributed by atoms with E-state index in [1.54, 1.807) is 18.2 Å². The van der Waals surface area contributed by atoms with Crippen molar-refractivity contribution in [3.05, 3.63) is 47.2 Å². The van der Waals surface area contributed by atoms with Gasteiger partial charge >= 0.3 is 0 Å². The molecule has 0 unspecified atom stereocenters. The average molecular weight is 279 g/mol. The van der Waals surface area contributed by atoms with Gasteiger partial charge in [0.1, 0.15) is 5.15 Å². The zero-order valence-corrected chi connectivity index (χ0v) is 10.8. The molecule has 2 N–H and O–H groups in total. The number of anilines is 1. The Morgan fingerprint density at radius 3 is 2.79 bits per heavy atom. The molecule has 0 saturated heterocycles. The van der Waals surface area contributed by atoms with Crippen LogP contribution in [0.25, 0.3) is 0 Å². The number of nitrogens with zero attached hydrogens (tertiary/aromatic N) is 1. The lowest BCUT2D eigenvalue weighted by atomic mass is 10.2. The quantitative estimate of drug-likeness (QED) is 0.847. The van der Waals surface area contributed by atoms with Gasteiger partial charge in [-0.15, -0.1) is 0 Å². The van der Waals surface area contributed by atoms with E-state index in [1.165, 1.54) is 25.4 Å². The maximum absolute atomic E-state index is 11.9. The molecule has 0 saturated carbocycles. The van der Waals surface area contributed by atoms with Gasteiger partial charge in [0.25, 0.3) is 5.91 Å². The molecule has 0 spiro atoms. The second kappa shape index (κ2) is 5.58. The number of nitrogens with one attached hydrogen (secondary N) is 1. The third-order valence-corrected chi connectivity index (χ3v) is 2.63. The number of rotatable bonds is 3. The second-order valence-electron chi connectivity index (χ2n) is 3.71. The van der Waals surface area contributed by atoms with E-state index in [1.807, 2.05) is 0 Å². The largest absolute Gasteiger partial charge is 0.504 e. The van der Waals surface area contributed by atoms with E-state index in [9.17, 15) is 9.90 Å². The van der Waals surface area contributed by atoms with Crippen LogP contribution < -0.4 is 10.1 Å². The normalized spacial score (nSPS) is 10.0. The maximum Gasteiger partial charge on any atom is 0.255 e. The summed E-state index contributed by atoms with van der Waals surface area (Å²) in [4.78, 5) is 15.7. The molecule has 0 aliphatic heterocycles. The van der Waals surface area contributed by atoms with Crippen LogP contribution in [0.3, 0.4) is 0 Å². The molecule has 1 aromatic carbocycles. The molecule has 0 atom stereocenters. The number of ether oxygens (including phenoxy) is 1. The van der Waals surface area contributed by atoms with Gasteiger partial charge in [-0.3, -0.25) is 4.79 Å². The standard InChI is InChI=1S/C13H11ClN2O3/c1-19-11-3-2-9(7-10(11)17)16-13(18)8-4-5-15-12(14)6-8/h2-7,17H,1H3,(H,16,18). The van der Waals surface area contributed by atoms with Crippen molar-refractivity contribution in [2.45, 2.75) is 0 Å². The zero-order valence-electron chi connectivity index (χ0n) is 10.1. The molecule has 1 amide bonds. The first-order chi connectivity index (χ1) is 9.10. The monoisotopic (exact) mass is 278 g/mol. The Morgan fingerprint density at radius 1 is 1.37 bits per heavy atom. The lowest BCUT2D eigenvalue weighted by molar-refractivity contribution is 0.102. The Balaban J connectivity index is 2.17. The summed E-state index contributed by atoms with van der Waals surface area (Å²) < 4.78 is 4.92. The van der Waals surface area contributed by atoms with Crippen molar-refractivity contribution in [3.8, 4) is 11.5 Å². The van der Waals surface area contributed by atoms with Gasteiger partial charge in [0.05, 0.1) is 7.11 Å². The molecule has 0 aliphatic rings. The summed E-state index contributed by atoms with van der Waals surface area (Å²) in [5.74, 6) is -0.0492. The number of phenols is 1. The second-order valence-corrected chi connectivity index (χ2v) is 4.10. The number of aromatic hydroxyl groups is 1. The summed E-state index contributed by atoms with van der Waals surface area (Å²) in [6.45, 7) is 0. The summed E-state index contributed by atoms with van der Waals surface area (Å²) in [6, 6.07) is 7.59. The Bertz CT molecular complexity index is 617. The molecule has 1 aromatic heterocycles. The summed E-state index contributed by atoms with van der Waals surface area (Å²) >= 11 is 5.71. The molecule has 98 valence electrons. The van der Waals surface area contributed by atoms with Crippen LogP contribution >= 0.6 is 11.6 Å². The lowest BCUT2D eigenvalue weighted by Gasteiger charge is -2.08. The molecule has 0 aliphatic carbocycles. The van der Waals surface area contributed by atoms with E-state index in [0.29, 0.717) is 17.0 Å². The van der Waals surface area contributed by atoms with Gasteiger partial charge < -0.3 is 15.2 Å². The number of benzene rings is 1. The Morgan fingerprint density at radius 2 is 2.16 bits per heavy atom. The van der Waals surface area contributed by atoms with Gasteiger partial charge in [-0.05, 0) is 24.3 Å². The van der Waals surface area contributed by atoms with Crippen LogP contribution in [-0.2, 0) is 0 Å². The first-order valence-corrected chi connectivity index (χ1v) is 5.78. The fourth-order valence-electron chi connectivity index (χ4n) is 1.51. The fraction of sp³-hybridized carbons (Fsp3) is 0.0769. The van der Waals surface area contributed by atoms with Crippen LogP contribution in [0.15, 0.2) is 36.5 Å². The van der Waals surface area contributed by atoms with Crippen molar-refractivity contribution < 1.29 is 14.6 Å². The SMILES string of the molecule is COc1ccc(NC(=O)c2ccnc(Cl)c2)cc1O. The smallest absolute Gasteiger partial charge is 0.255 e. The van der Waals surface area contributed by atoms with E-state index in [2.05, 4.69) is 10.3 Å². The number of carbonyl (C=O) groups is 1. The summed E-state index contributed by atoms with van der Waals surface area (Å²) in [6.07, 6.45) is 1.45. The van der Waals surface area contributed by atoms with Crippen LogP contribution in [0.5, 0.6) is 11.5 Å². The number of phenolic OH excluding ortho intramolecular Hbond substituents is 1. The Labute approximate surface area is 114 Å². The number of hydrogen-bond donors (Lipinski definition) is 2. The van der Waals surface area contributed by atoms with Crippen LogP contribution in [0.1, 0.15) is 10.4 Å². The summed E-state index contributed by atoms with van der Waals surface area (Å²) in [5, 5.41) is 12.5. The predicted molar refractivity (Wildman–Crippen MR) is 71.9 cm³/mol. The van der Waals surface area contributed by atoms with E-state index < -0.39 is 0 Å². The molecular weight excluding hydrogens is 268 g/mol. The van der Waals surface area contributed by atoms with Crippen molar-refractivity contribution >= 4 is 23.2 Å². The number of carbonyl (C=O) groups excluding carboxylic acids is 1. The van der Waals surface area contributed by atoms with Crippen molar-refractivity contribution in [2.75, 3.05) is 12.4 Å². The van der Waals surface area contributed by atoms with Gasteiger partial charge in [-0.2, -0.15) is 0 Å². The molecule has 0 radical (unpaired) electrons. The first-order valence-electron chi connectivity index (χ1n) is 5.40. The number of halogens is 1. The zero-order chi connectivity index (χ0) is 13.8. The van der Waals surface area contributed by atoms with Crippen molar-refractivity contribution in [3.63, 3.8) is 0 Å². The number of aromatic nitrogens is 1. The minimum atomic E-state index is -0.339. The van der Waals surface area contributed by atoms with E-state index in [0.717, 1.165) is 0 Å². The number of methoxy groups -OCH3 is 1. The highest BCUT2D eigenvalue weighted by Crippen LogP contribution is 2.28. The molecule has 0 fully saturated rings. The minimum absolute atomic E-state index is 0.0481. The molecule has 2 aromatic rings. The molecule has 2 rings (SSSR count). The molecule has 6 heteroatoms. The third kappa shape index (κ3) is 3.14. The minimum Gasteiger partial charge on any atom is -0.504 e. The van der Waals surface area contributed by atoms with Gasteiger partial charge in [-0.1, -0.05) is 11.6 Å². The highest BCUT2D eigenvalue weighted by Gasteiger charge is 2.09. The Hall–Kier alpha value is -2.27. The molecular formula is C13H11ClN2O3. The van der Waals surface area contributed by atoms with Crippen LogP contribution in [0.2, 0.25) is 5.15 Å². The number of pyridine rings is 1. The molecule has 19 heavy (non-hydrogen) atoms. The highest BCUT2D eigenvalue weighted by molar-refractivity contribution is 6.29. The number of hydrogen-bond acceptors (Lipinski definition) is 4. The van der Waals surface area contributed by atoms with E-state index in [-0.39, 0.29) is 16.8 Å². The van der Waals surface area contributed by atoms with Crippen LogP contribution in [0, 0.1) is 0 Å². The van der Waals surface area contributed by atoms with Crippen molar-refractivity contribution in [1.29, 1.82) is 0 Å². The molecule has 1 heterocycles. The first kappa shape index (κ1) is 13.2. The number of amides is 1. The van der Waals surface area contributed by atoms with Gasteiger partial charge in [-0.25, -0.2) is 4.98 Å². The average Bonchev–Trinajstić information content (AvgIpc) is 2.39. The van der Waals surface area contributed by atoms with Crippen molar-refractivity contribution in [1.82, 2.24) is 4.98 Å². The van der Waals surface area contributed by atoms with E-state index in [4.69, 9.17) is 16.3 Å². The third-order valence-electron chi connectivity index (χ3n) is 2.43. The lowest BCUT2D eigenvalue weighted by Crippen LogP contribution is -2.11. The maximum atomic E-state index is 11.9. The van der Waals surface area contributed by atoms with Gasteiger partial charge in [0, 0.05) is 23.5 Å². The topological polar surface area (TPSA) is 71.5 Å². The Kier molecular flexibility index (Phi) is 3.87. The highest BCUT2D eigenvalue weighted by atomic mass is 35.5. The summed E-state index contributed by atoms with van der Waals surface area (Å²) in [7, 11) is 1.45.